The molecule has 0 amide bonds. The maximum absolute atomic E-state index is 5.91. The summed E-state index contributed by atoms with van der Waals surface area (Å²) in [5, 5.41) is 0. The number of hydrogen-bond acceptors (Lipinski definition) is 1. The van der Waals surface area contributed by atoms with E-state index in [-0.39, 0.29) is 11.0 Å². The molecule has 0 bridgehead atoms. The van der Waals surface area contributed by atoms with Crippen molar-refractivity contribution in [2.24, 2.45) is 0 Å². The Kier molecular flexibility index (Phi) is 3.71. The standard InChI is InChI=1S/C16H23O/c1-8-12-9-13(15(2,3)4)11-14(10-12)17-16(5,6)7/h9-11H,1H2,2-7H3. The highest BCUT2D eigenvalue weighted by Gasteiger charge is 2.17. The average Bonchev–Trinajstić information content (AvgIpc) is 2.13. The van der Waals surface area contributed by atoms with E-state index in [1.165, 1.54) is 5.56 Å². The number of ether oxygens (including phenoxy) is 1. The SMILES string of the molecule is C=[C]c1cc(OC(C)(C)C)cc(C(C)(C)C)c1. The number of hydrogen-bond donors (Lipinski definition) is 0. The smallest absolute Gasteiger partial charge is 0.121 e. The lowest BCUT2D eigenvalue weighted by atomic mass is 9.86. The zero-order chi connectivity index (χ0) is 13.3. The largest absolute Gasteiger partial charge is 0.488 e. The van der Waals surface area contributed by atoms with Crippen LogP contribution in [0.5, 0.6) is 5.75 Å². The summed E-state index contributed by atoms with van der Waals surface area (Å²) in [6.07, 6.45) is 2.94. The van der Waals surface area contributed by atoms with Crippen molar-refractivity contribution < 1.29 is 4.74 Å². The van der Waals surface area contributed by atoms with Crippen LogP contribution in [0.4, 0.5) is 0 Å². The predicted molar refractivity (Wildman–Crippen MR) is 73.5 cm³/mol. The molecule has 1 radical (unpaired) electrons. The molecule has 17 heavy (non-hydrogen) atoms. The van der Waals surface area contributed by atoms with Gasteiger partial charge in [-0.2, -0.15) is 0 Å². The van der Waals surface area contributed by atoms with Crippen molar-refractivity contribution in [1.82, 2.24) is 0 Å². The first kappa shape index (κ1) is 13.8. The van der Waals surface area contributed by atoms with Crippen LogP contribution in [0.1, 0.15) is 52.7 Å². The summed E-state index contributed by atoms with van der Waals surface area (Å²) >= 11 is 0. The van der Waals surface area contributed by atoms with Gasteiger partial charge in [0.2, 0.25) is 0 Å². The van der Waals surface area contributed by atoms with E-state index in [1.54, 1.807) is 0 Å². The van der Waals surface area contributed by atoms with Gasteiger partial charge < -0.3 is 4.74 Å². The molecule has 1 nitrogen and oxygen atoms in total. The van der Waals surface area contributed by atoms with Crippen molar-refractivity contribution in [1.29, 1.82) is 0 Å². The fourth-order valence-electron chi connectivity index (χ4n) is 1.55. The summed E-state index contributed by atoms with van der Waals surface area (Å²) in [7, 11) is 0. The van der Waals surface area contributed by atoms with Gasteiger partial charge in [0.1, 0.15) is 11.4 Å². The first-order valence-electron chi connectivity index (χ1n) is 5.99. The highest BCUT2D eigenvalue weighted by atomic mass is 16.5. The normalized spacial score (nSPS) is 12.4. The molecule has 93 valence electrons. The maximum Gasteiger partial charge on any atom is 0.121 e. The molecule has 0 aliphatic carbocycles. The van der Waals surface area contributed by atoms with E-state index in [1.807, 2.05) is 26.8 Å². The number of rotatable bonds is 2. The zero-order valence-corrected chi connectivity index (χ0v) is 11.8. The van der Waals surface area contributed by atoms with Gasteiger partial charge in [-0.25, -0.2) is 0 Å². The Labute approximate surface area is 106 Å². The maximum atomic E-state index is 5.91. The van der Waals surface area contributed by atoms with Crippen molar-refractivity contribution in [3.8, 4) is 5.75 Å². The zero-order valence-electron chi connectivity index (χ0n) is 11.8. The highest BCUT2D eigenvalue weighted by molar-refractivity contribution is 5.40. The van der Waals surface area contributed by atoms with E-state index in [2.05, 4.69) is 45.6 Å². The molecule has 0 saturated carbocycles. The summed E-state index contributed by atoms with van der Waals surface area (Å²) < 4.78 is 5.91. The summed E-state index contributed by atoms with van der Waals surface area (Å²) in [5.74, 6) is 0.885. The third kappa shape index (κ3) is 4.26. The lowest BCUT2D eigenvalue weighted by Gasteiger charge is -2.25. The van der Waals surface area contributed by atoms with Crippen molar-refractivity contribution in [3.63, 3.8) is 0 Å². The molecule has 0 aromatic heterocycles. The highest BCUT2D eigenvalue weighted by Crippen LogP contribution is 2.29. The molecule has 0 atom stereocenters. The number of benzene rings is 1. The fraction of sp³-hybridized carbons (Fsp3) is 0.500. The van der Waals surface area contributed by atoms with Gasteiger partial charge in [0.15, 0.2) is 0 Å². The molecule has 1 aromatic rings. The Bertz CT molecular complexity index is 403. The third-order valence-electron chi connectivity index (χ3n) is 2.40. The van der Waals surface area contributed by atoms with Gasteiger partial charge in [-0.15, -0.1) is 0 Å². The summed E-state index contributed by atoms with van der Waals surface area (Å²) in [4.78, 5) is 0. The quantitative estimate of drug-likeness (QED) is 0.728. The van der Waals surface area contributed by atoms with E-state index < -0.39 is 0 Å². The predicted octanol–water partition coefficient (Wildman–Crippen LogP) is 4.50. The molecule has 1 aromatic carbocycles. The average molecular weight is 231 g/mol. The minimum Gasteiger partial charge on any atom is -0.488 e. The molecule has 1 rings (SSSR count). The van der Waals surface area contributed by atoms with Crippen molar-refractivity contribution >= 4 is 0 Å². The van der Waals surface area contributed by atoms with E-state index in [0.29, 0.717) is 0 Å². The Morgan fingerprint density at radius 3 is 2.00 bits per heavy atom. The van der Waals surface area contributed by atoms with Crippen LogP contribution in [0.15, 0.2) is 24.8 Å². The van der Waals surface area contributed by atoms with E-state index in [0.717, 1.165) is 11.3 Å². The van der Waals surface area contributed by atoms with Crippen molar-refractivity contribution in [3.05, 3.63) is 42.0 Å². The Morgan fingerprint density at radius 2 is 1.59 bits per heavy atom. The van der Waals surface area contributed by atoms with Gasteiger partial charge >= 0.3 is 0 Å². The molecule has 0 aliphatic rings. The van der Waals surface area contributed by atoms with E-state index in [4.69, 9.17) is 4.74 Å². The summed E-state index contributed by atoms with van der Waals surface area (Å²) in [5.41, 5.74) is 2.14. The van der Waals surface area contributed by atoms with Crippen LogP contribution in [0, 0.1) is 6.08 Å². The van der Waals surface area contributed by atoms with Gasteiger partial charge in [-0.3, -0.25) is 0 Å². The molecule has 0 spiro atoms. The Hall–Kier alpha value is -1.24. The van der Waals surface area contributed by atoms with Crippen LogP contribution >= 0.6 is 0 Å². The molecule has 0 N–H and O–H groups in total. The first-order valence-corrected chi connectivity index (χ1v) is 5.99. The third-order valence-corrected chi connectivity index (χ3v) is 2.40. The molecule has 1 heteroatoms. The van der Waals surface area contributed by atoms with Gasteiger partial charge in [0.05, 0.1) is 0 Å². The first-order chi connectivity index (χ1) is 7.62. The molecular weight excluding hydrogens is 208 g/mol. The molecule has 0 heterocycles. The van der Waals surface area contributed by atoms with Crippen LogP contribution in [0.25, 0.3) is 0 Å². The lowest BCUT2D eigenvalue weighted by molar-refractivity contribution is 0.130. The monoisotopic (exact) mass is 231 g/mol. The molecule has 0 aliphatic heterocycles. The van der Waals surface area contributed by atoms with Gasteiger partial charge in [-0.05, 0) is 55.5 Å². The second-order valence-corrected chi connectivity index (χ2v) is 6.39. The van der Waals surface area contributed by atoms with Gasteiger partial charge in [-0.1, -0.05) is 33.4 Å². The Balaban J connectivity index is 3.19. The van der Waals surface area contributed by atoms with Crippen molar-refractivity contribution in [2.75, 3.05) is 0 Å². The van der Waals surface area contributed by atoms with Crippen LogP contribution < -0.4 is 4.74 Å². The summed E-state index contributed by atoms with van der Waals surface area (Å²) in [6, 6.07) is 6.20. The van der Waals surface area contributed by atoms with Gasteiger partial charge in [0, 0.05) is 0 Å². The van der Waals surface area contributed by atoms with Crippen LogP contribution in [0.3, 0.4) is 0 Å². The second kappa shape index (κ2) is 4.56. The molecule has 0 fully saturated rings. The van der Waals surface area contributed by atoms with E-state index in [9.17, 15) is 0 Å². The fourth-order valence-corrected chi connectivity index (χ4v) is 1.55. The van der Waals surface area contributed by atoms with E-state index >= 15 is 0 Å². The molecule has 0 saturated heterocycles. The van der Waals surface area contributed by atoms with Crippen molar-refractivity contribution in [2.45, 2.75) is 52.6 Å². The molecular formula is C16H23O. The van der Waals surface area contributed by atoms with Crippen LogP contribution in [-0.4, -0.2) is 5.60 Å². The molecule has 0 unspecified atom stereocenters. The summed E-state index contributed by atoms with van der Waals surface area (Å²) in [6.45, 7) is 16.4. The van der Waals surface area contributed by atoms with Crippen LogP contribution in [-0.2, 0) is 5.41 Å². The lowest BCUT2D eigenvalue weighted by Crippen LogP contribution is -2.23. The second-order valence-electron chi connectivity index (χ2n) is 6.39. The Morgan fingerprint density at radius 1 is 1.00 bits per heavy atom. The van der Waals surface area contributed by atoms with Crippen LogP contribution in [0.2, 0.25) is 0 Å². The van der Waals surface area contributed by atoms with Gasteiger partial charge in [0.25, 0.3) is 0 Å². The topological polar surface area (TPSA) is 9.23 Å². The minimum absolute atomic E-state index is 0.100. The minimum atomic E-state index is -0.186.